The molecular formula is C13H18N2O2. The molecule has 0 radical (unpaired) electrons. The van der Waals surface area contributed by atoms with E-state index in [1.54, 1.807) is 6.07 Å². The SMILES string of the molecule is CCCN1Cc2ccc(C(=O)OC)c(N)c2C1. The highest BCUT2D eigenvalue weighted by Gasteiger charge is 2.23. The van der Waals surface area contributed by atoms with Gasteiger partial charge in [-0.15, -0.1) is 0 Å². The van der Waals surface area contributed by atoms with Gasteiger partial charge in [0, 0.05) is 13.1 Å². The highest BCUT2D eigenvalue weighted by Crippen LogP contribution is 2.30. The Bertz CT molecular complexity index is 443. The van der Waals surface area contributed by atoms with Crippen LogP contribution in [0.5, 0.6) is 0 Å². The van der Waals surface area contributed by atoms with Crippen molar-refractivity contribution in [3.8, 4) is 0 Å². The topological polar surface area (TPSA) is 55.6 Å². The number of hydrogen-bond acceptors (Lipinski definition) is 4. The van der Waals surface area contributed by atoms with E-state index >= 15 is 0 Å². The highest BCUT2D eigenvalue weighted by molar-refractivity contribution is 5.96. The molecule has 1 aromatic rings. The maximum atomic E-state index is 11.5. The zero-order valence-corrected chi connectivity index (χ0v) is 10.3. The molecule has 0 unspecified atom stereocenters. The van der Waals surface area contributed by atoms with Crippen LogP contribution < -0.4 is 5.73 Å². The number of nitrogens with two attached hydrogens (primary N) is 1. The van der Waals surface area contributed by atoms with Crippen LogP contribution in [0, 0.1) is 0 Å². The van der Waals surface area contributed by atoms with Crippen LogP contribution in [0.2, 0.25) is 0 Å². The van der Waals surface area contributed by atoms with E-state index in [1.807, 2.05) is 6.07 Å². The number of fused-ring (bicyclic) bond motifs is 1. The zero-order valence-electron chi connectivity index (χ0n) is 10.3. The third-order valence-corrected chi connectivity index (χ3v) is 3.17. The molecule has 0 spiro atoms. The molecule has 17 heavy (non-hydrogen) atoms. The van der Waals surface area contributed by atoms with E-state index in [9.17, 15) is 4.79 Å². The first-order chi connectivity index (χ1) is 8.17. The smallest absolute Gasteiger partial charge is 0.339 e. The summed E-state index contributed by atoms with van der Waals surface area (Å²) in [5, 5.41) is 0. The van der Waals surface area contributed by atoms with Crippen molar-refractivity contribution in [1.82, 2.24) is 4.90 Å². The predicted molar refractivity (Wildman–Crippen MR) is 66.6 cm³/mol. The number of ether oxygens (including phenoxy) is 1. The molecule has 0 saturated heterocycles. The molecule has 2 rings (SSSR count). The van der Waals surface area contributed by atoms with Crippen LogP contribution >= 0.6 is 0 Å². The maximum absolute atomic E-state index is 11.5. The Labute approximate surface area is 101 Å². The first-order valence-electron chi connectivity index (χ1n) is 5.88. The number of anilines is 1. The maximum Gasteiger partial charge on any atom is 0.339 e. The summed E-state index contributed by atoms with van der Waals surface area (Å²) in [5.74, 6) is -0.362. The largest absolute Gasteiger partial charge is 0.465 e. The normalized spacial score (nSPS) is 14.7. The van der Waals surface area contributed by atoms with E-state index in [0.29, 0.717) is 11.3 Å². The summed E-state index contributed by atoms with van der Waals surface area (Å²) in [6.07, 6.45) is 1.12. The molecule has 0 fully saturated rings. The fraction of sp³-hybridized carbons (Fsp3) is 0.462. The molecule has 4 nitrogen and oxygen atoms in total. The molecule has 1 aliphatic rings. The molecule has 1 heterocycles. The monoisotopic (exact) mass is 234 g/mol. The average molecular weight is 234 g/mol. The Morgan fingerprint density at radius 3 is 2.88 bits per heavy atom. The lowest BCUT2D eigenvalue weighted by atomic mass is 10.0. The van der Waals surface area contributed by atoms with Crippen molar-refractivity contribution >= 4 is 11.7 Å². The van der Waals surface area contributed by atoms with Gasteiger partial charge in [-0.3, -0.25) is 4.90 Å². The van der Waals surface area contributed by atoms with Crippen LogP contribution in [0.25, 0.3) is 0 Å². The lowest BCUT2D eigenvalue weighted by molar-refractivity contribution is 0.0602. The van der Waals surface area contributed by atoms with Gasteiger partial charge in [0.15, 0.2) is 0 Å². The zero-order chi connectivity index (χ0) is 12.4. The van der Waals surface area contributed by atoms with E-state index in [0.717, 1.165) is 31.6 Å². The second-order valence-electron chi connectivity index (χ2n) is 4.37. The van der Waals surface area contributed by atoms with Gasteiger partial charge in [-0.05, 0) is 30.2 Å². The van der Waals surface area contributed by atoms with E-state index in [2.05, 4.69) is 11.8 Å². The minimum absolute atomic E-state index is 0.362. The fourth-order valence-corrected chi connectivity index (χ4v) is 2.33. The third-order valence-electron chi connectivity index (χ3n) is 3.17. The Morgan fingerprint density at radius 1 is 1.47 bits per heavy atom. The predicted octanol–water partition coefficient (Wildman–Crippen LogP) is 1.78. The second-order valence-corrected chi connectivity index (χ2v) is 4.37. The highest BCUT2D eigenvalue weighted by atomic mass is 16.5. The molecule has 0 aliphatic carbocycles. The van der Waals surface area contributed by atoms with Crippen molar-refractivity contribution < 1.29 is 9.53 Å². The second kappa shape index (κ2) is 4.75. The molecule has 0 aromatic heterocycles. The van der Waals surface area contributed by atoms with Crippen LogP contribution in [-0.2, 0) is 17.8 Å². The van der Waals surface area contributed by atoms with Gasteiger partial charge in [-0.25, -0.2) is 4.79 Å². The summed E-state index contributed by atoms with van der Waals surface area (Å²) < 4.78 is 4.72. The fourth-order valence-electron chi connectivity index (χ4n) is 2.33. The van der Waals surface area contributed by atoms with Crippen LogP contribution in [0.1, 0.15) is 34.8 Å². The Balaban J connectivity index is 2.30. The van der Waals surface area contributed by atoms with E-state index < -0.39 is 0 Å². The number of nitrogens with zero attached hydrogens (tertiary/aromatic N) is 1. The summed E-state index contributed by atoms with van der Waals surface area (Å²) >= 11 is 0. The molecule has 92 valence electrons. The van der Waals surface area contributed by atoms with Crippen molar-refractivity contribution in [1.29, 1.82) is 0 Å². The van der Waals surface area contributed by atoms with Gasteiger partial charge in [0.1, 0.15) is 0 Å². The van der Waals surface area contributed by atoms with Gasteiger partial charge in [0.25, 0.3) is 0 Å². The summed E-state index contributed by atoms with van der Waals surface area (Å²) in [7, 11) is 1.37. The third kappa shape index (κ3) is 2.13. The standard InChI is InChI=1S/C13H18N2O2/c1-3-6-15-7-9-4-5-10(13(16)17-2)12(14)11(9)8-15/h4-5H,3,6-8,14H2,1-2H3. The first kappa shape index (κ1) is 11.9. The minimum Gasteiger partial charge on any atom is -0.465 e. The van der Waals surface area contributed by atoms with E-state index in [-0.39, 0.29) is 5.97 Å². The molecule has 0 saturated carbocycles. The first-order valence-corrected chi connectivity index (χ1v) is 5.88. The number of methoxy groups -OCH3 is 1. The van der Waals surface area contributed by atoms with Gasteiger partial charge in [0.2, 0.25) is 0 Å². The lowest BCUT2D eigenvalue weighted by Crippen LogP contribution is -2.17. The molecule has 1 aromatic carbocycles. The average Bonchev–Trinajstić information content (AvgIpc) is 2.73. The number of rotatable bonds is 3. The van der Waals surface area contributed by atoms with Gasteiger partial charge < -0.3 is 10.5 Å². The number of hydrogen-bond donors (Lipinski definition) is 1. The molecular weight excluding hydrogens is 216 g/mol. The minimum atomic E-state index is -0.362. The van der Waals surface area contributed by atoms with Crippen molar-refractivity contribution in [3.63, 3.8) is 0 Å². The van der Waals surface area contributed by atoms with Crippen molar-refractivity contribution in [3.05, 3.63) is 28.8 Å². The molecule has 1 aliphatic heterocycles. The molecule has 0 amide bonds. The van der Waals surface area contributed by atoms with Crippen molar-refractivity contribution in [2.24, 2.45) is 0 Å². The molecule has 4 heteroatoms. The van der Waals surface area contributed by atoms with Crippen LogP contribution in [0.4, 0.5) is 5.69 Å². The Morgan fingerprint density at radius 2 is 2.24 bits per heavy atom. The van der Waals surface area contributed by atoms with E-state index in [1.165, 1.54) is 12.7 Å². The number of carbonyl (C=O) groups is 1. The summed E-state index contributed by atoms with van der Waals surface area (Å²) in [6, 6.07) is 3.74. The summed E-state index contributed by atoms with van der Waals surface area (Å²) in [6.45, 7) is 4.97. The number of carbonyl (C=O) groups excluding carboxylic acids is 1. The van der Waals surface area contributed by atoms with Gasteiger partial charge in [-0.1, -0.05) is 13.0 Å². The number of nitrogen functional groups attached to an aromatic ring is 1. The van der Waals surface area contributed by atoms with Crippen molar-refractivity contribution in [2.45, 2.75) is 26.4 Å². The summed E-state index contributed by atoms with van der Waals surface area (Å²) in [4.78, 5) is 13.9. The number of benzene rings is 1. The summed E-state index contributed by atoms with van der Waals surface area (Å²) in [5.41, 5.74) is 9.41. The Hall–Kier alpha value is -1.55. The van der Waals surface area contributed by atoms with Crippen molar-refractivity contribution in [2.75, 3.05) is 19.4 Å². The van der Waals surface area contributed by atoms with Crippen LogP contribution in [0.3, 0.4) is 0 Å². The van der Waals surface area contributed by atoms with Gasteiger partial charge in [-0.2, -0.15) is 0 Å². The molecule has 0 bridgehead atoms. The quantitative estimate of drug-likeness (QED) is 0.640. The van der Waals surface area contributed by atoms with Gasteiger partial charge >= 0.3 is 5.97 Å². The van der Waals surface area contributed by atoms with Gasteiger partial charge in [0.05, 0.1) is 18.4 Å². The van der Waals surface area contributed by atoms with Crippen LogP contribution in [-0.4, -0.2) is 24.5 Å². The van der Waals surface area contributed by atoms with Crippen LogP contribution in [0.15, 0.2) is 12.1 Å². The number of esters is 1. The lowest BCUT2D eigenvalue weighted by Gasteiger charge is -2.12. The molecule has 0 atom stereocenters. The van der Waals surface area contributed by atoms with E-state index in [4.69, 9.17) is 10.5 Å². The molecule has 2 N–H and O–H groups in total. The Kier molecular flexibility index (Phi) is 3.33.